The molecule has 1 rings (SSSR count). The minimum absolute atomic E-state index is 0.0478. The molecule has 2 atom stereocenters. The van der Waals surface area contributed by atoms with Crippen molar-refractivity contribution in [3.05, 3.63) is 12.2 Å². The average molecular weight is 250 g/mol. The highest BCUT2D eigenvalue weighted by Gasteiger charge is 2.32. The van der Waals surface area contributed by atoms with Crippen LogP contribution in [-0.2, 0) is 4.79 Å². The van der Waals surface area contributed by atoms with E-state index >= 15 is 0 Å². The second-order valence-electron chi connectivity index (χ2n) is 5.63. The Bertz CT molecular complexity index is 355. The van der Waals surface area contributed by atoms with Gasteiger partial charge < -0.3 is 5.11 Å². The van der Waals surface area contributed by atoms with E-state index in [0.29, 0.717) is 12.2 Å². The van der Waals surface area contributed by atoms with Crippen LogP contribution in [0.1, 0.15) is 19.3 Å². The highest BCUT2D eigenvalue weighted by molar-refractivity contribution is 6.83. The van der Waals surface area contributed by atoms with Crippen molar-refractivity contribution in [1.29, 1.82) is 0 Å². The quantitative estimate of drug-likeness (QED) is 0.474. The molecule has 0 aromatic heterocycles. The van der Waals surface area contributed by atoms with Crippen molar-refractivity contribution in [2.75, 3.05) is 6.61 Å². The van der Waals surface area contributed by atoms with Gasteiger partial charge in [-0.2, -0.15) is 0 Å². The van der Waals surface area contributed by atoms with E-state index < -0.39 is 8.07 Å². The molecule has 94 valence electrons. The highest BCUT2D eigenvalue weighted by atomic mass is 28.3. The second-order valence-corrected chi connectivity index (χ2v) is 10.4. The van der Waals surface area contributed by atoms with Gasteiger partial charge in [-0.25, -0.2) is 0 Å². The summed E-state index contributed by atoms with van der Waals surface area (Å²) in [4.78, 5) is 11.8. The average Bonchev–Trinajstić information content (AvgIpc) is 2.57. The Kier molecular flexibility index (Phi) is 5.17. The summed E-state index contributed by atoms with van der Waals surface area (Å²) < 4.78 is 0. The van der Waals surface area contributed by atoms with Gasteiger partial charge in [0.2, 0.25) is 0 Å². The Hall–Kier alpha value is -0.853. The number of carbonyl (C=O) groups excluding carboxylic acids is 1. The van der Waals surface area contributed by atoms with Gasteiger partial charge in [-0.15, -0.1) is 11.5 Å². The van der Waals surface area contributed by atoms with E-state index in [1.165, 1.54) is 0 Å². The minimum Gasteiger partial charge on any atom is -0.392 e. The molecule has 17 heavy (non-hydrogen) atoms. The zero-order chi connectivity index (χ0) is 12.9. The van der Waals surface area contributed by atoms with Gasteiger partial charge in [0.15, 0.2) is 0 Å². The Morgan fingerprint density at radius 3 is 2.71 bits per heavy atom. The molecule has 1 aliphatic rings. The van der Waals surface area contributed by atoms with E-state index in [-0.39, 0.29) is 18.4 Å². The topological polar surface area (TPSA) is 37.3 Å². The summed E-state index contributed by atoms with van der Waals surface area (Å²) in [5.74, 6) is 3.95. The first-order valence-electron chi connectivity index (χ1n) is 6.25. The molecule has 1 N–H and O–H groups in total. The summed E-state index contributed by atoms with van der Waals surface area (Å²) in [7, 11) is -1.34. The summed E-state index contributed by atoms with van der Waals surface area (Å²) >= 11 is 0. The fourth-order valence-corrected chi connectivity index (χ4v) is 2.62. The van der Waals surface area contributed by atoms with Gasteiger partial charge in [-0.05, 0) is 12.8 Å². The maximum absolute atomic E-state index is 11.8. The van der Waals surface area contributed by atoms with Crippen LogP contribution in [0.5, 0.6) is 0 Å². The van der Waals surface area contributed by atoms with Crippen LogP contribution in [0.15, 0.2) is 12.2 Å². The van der Waals surface area contributed by atoms with E-state index in [2.05, 4.69) is 31.1 Å². The van der Waals surface area contributed by atoms with Crippen LogP contribution >= 0.6 is 0 Å². The first kappa shape index (κ1) is 14.2. The zero-order valence-corrected chi connectivity index (χ0v) is 12.0. The third-order valence-electron chi connectivity index (χ3n) is 2.90. The van der Waals surface area contributed by atoms with Crippen LogP contribution in [0.2, 0.25) is 19.6 Å². The molecule has 2 nitrogen and oxygen atoms in total. The standard InChI is InChI=1S/C14H22O2Si/c1-17(2,3)11-9-12-7-8-14(16)13(12)6-4-5-10-15/h4-5,12-13,15H,6-8,10H2,1-3H3/b5-4-/t12-,13-/m0/s1. The molecular formula is C14H22O2Si. The first-order chi connectivity index (χ1) is 7.94. The number of aliphatic hydroxyl groups is 1. The summed E-state index contributed by atoms with van der Waals surface area (Å²) in [5, 5.41) is 8.69. The Labute approximate surface area is 105 Å². The Morgan fingerprint density at radius 1 is 1.41 bits per heavy atom. The van der Waals surface area contributed by atoms with Crippen LogP contribution in [0, 0.1) is 23.3 Å². The predicted molar refractivity (Wildman–Crippen MR) is 73.2 cm³/mol. The van der Waals surface area contributed by atoms with Crippen molar-refractivity contribution in [1.82, 2.24) is 0 Å². The molecule has 0 bridgehead atoms. The largest absolute Gasteiger partial charge is 0.392 e. The molecule has 1 aliphatic carbocycles. The second kappa shape index (κ2) is 6.18. The summed E-state index contributed by atoms with van der Waals surface area (Å²) in [6.07, 6.45) is 5.91. The maximum Gasteiger partial charge on any atom is 0.137 e. The number of hydrogen-bond acceptors (Lipinski definition) is 2. The third-order valence-corrected chi connectivity index (χ3v) is 3.79. The van der Waals surface area contributed by atoms with Gasteiger partial charge in [-0.3, -0.25) is 4.79 Å². The van der Waals surface area contributed by atoms with Gasteiger partial charge in [-0.1, -0.05) is 31.8 Å². The van der Waals surface area contributed by atoms with Gasteiger partial charge in [0.1, 0.15) is 13.9 Å². The van der Waals surface area contributed by atoms with E-state index in [9.17, 15) is 4.79 Å². The monoisotopic (exact) mass is 250 g/mol. The minimum atomic E-state index is -1.34. The molecule has 0 spiro atoms. The third kappa shape index (κ3) is 4.89. The van der Waals surface area contributed by atoms with Crippen LogP contribution in [0.4, 0.5) is 0 Å². The maximum atomic E-state index is 11.8. The van der Waals surface area contributed by atoms with E-state index in [1.807, 2.05) is 6.08 Å². The molecule has 0 aliphatic heterocycles. The van der Waals surface area contributed by atoms with Crippen molar-refractivity contribution in [2.45, 2.75) is 38.9 Å². The summed E-state index contributed by atoms with van der Waals surface area (Å²) in [6, 6.07) is 0. The molecule has 3 heteroatoms. The lowest BCUT2D eigenvalue weighted by molar-refractivity contribution is -0.120. The van der Waals surface area contributed by atoms with Crippen molar-refractivity contribution >= 4 is 13.9 Å². The number of carbonyl (C=O) groups is 1. The summed E-state index contributed by atoms with van der Waals surface area (Å²) in [6.45, 7) is 6.71. The molecule has 0 amide bonds. The van der Waals surface area contributed by atoms with Crippen molar-refractivity contribution in [3.8, 4) is 11.5 Å². The number of aliphatic hydroxyl groups excluding tert-OH is 1. The molecule has 0 saturated heterocycles. The van der Waals surface area contributed by atoms with Crippen molar-refractivity contribution in [3.63, 3.8) is 0 Å². The van der Waals surface area contributed by atoms with Crippen LogP contribution in [-0.4, -0.2) is 25.6 Å². The Morgan fingerprint density at radius 2 is 2.12 bits per heavy atom. The van der Waals surface area contributed by atoms with E-state index in [0.717, 1.165) is 12.8 Å². The van der Waals surface area contributed by atoms with Crippen molar-refractivity contribution < 1.29 is 9.90 Å². The fraction of sp³-hybridized carbons (Fsp3) is 0.643. The molecule has 0 aromatic carbocycles. The molecule has 0 radical (unpaired) electrons. The predicted octanol–water partition coefficient (Wildman–Crippen LogP) is 2.40. The first-order valence-corrected chi connectivity index (χ1v) is 9.75. The lowest BCUT2D eigenvalue weighted by Gasteiger charge is -2.12. The summed E-state index contributed by atoms with van der Waals surface area (Å²) in [5.41, 5.74) is 3.37. The van der Waals surface area contributed by atoms with Gasteiger partial charge in [0.25, 0.3) is 0 Å². The fourth-order valence-electron chi connectivity index (χ4n) is 2.00. The van der Waals surface area contributed by atoms with Gasteiger partial charge >= 0.3 is 0 Å². The molecule has 1 fully saturated rings. The SMILES string of the molecule is C[Si](C)(C)C#C[C@@H]1CCC(=O)[C@H]1C/C=C\CO. The zero-order valence-electron chi connectivity index (χ0n) is 11.0. The lowest BCUT2D eigenvalue weighted by atomic mass is 9.93. The van der Waals surface area contributed by atoms with Crippen molar-refractivity contribution in [2.24, 2.45) is 11.8 Å². The molecule has 0 aromatic rings. The lowest BCUT2D eigenvalue weighted by Crippen LogP contribution is -2.18. The molecule has 0 heterocycles. The van der Waals surface area contributed by atoms with E-state index in [1.54, 1.807) is 6.08 Å². The van der Waals surface area contributed by atoms with Crippen LogP contribution in [0.25, 0.3) is 0 Å². The van der Waals surface area contributed by atoms with Crippen LogP contribution < -0.4 is 0 Å². The molecule has 0 unspecified atom stereocenters. The number of allylic oxidation sites excluding steroid dienone is 1. The van der Waals surface area contributed by atoms with Crippen LogP contribution in [0.3, 0.4) is 0 Å². The molecular weight excluding hydrogens is 228 g/mol. The normalized spacial score (nSPS) is 25.1. The van der Waals surface area contributed by atoms with E-state index in [4.69, 9.17) is 5.11 Å². The smallest absolute Gasteiger partial charge is 0.137 e. The number of Topliss-reactive ketones (excluding diaryl/α,β-unsaturated/α-hetero) is 1. The van der Waals surface area contributed by atoms with Gasteiger partial charge in [0.05, 0.1) is 6.61 Å². The Balaban J connectivity index is 2.67. The number of ketones is 1. The van der Waals surface area contributed by atoms with Gasteiger partial charge in [0, 0.05) is 18.3 Å². The highest BCUT2D eigenvalue weighted by Crippen LogP contribution is 2.31. The molecule has 1 saturated carbocycles. The number of rotatable bonds is 3. The number of hydrogen-bond donors (Lipinski definition) is 1.